The van der Waals surface area contributed by atoms with Crippen molar-refractivity contribution in [1.82, 2.24) is 5.32 Å². The largest absolute Gasteiger partial charge is 0.491 e. The lowest BCUT2D eigenvalue weighted by molar-refractivity contribution is 0.0950. The van der Waals surface area contributed by atoms with Gasteiger partial charge in [0, 0.05) is 11.4 Å². The van der Waals surface area contributed by atoms with Crippen molar-refractivity contribution in [2.45, 2.75) is 37.7 Å². The first-order valence-electron chi connectivity index (χ1n) is 8.27. The Morgan fingerprint density at radius 2 is 1.83 bits per heavy atom. The van der Waals surface area contributed by atoms with Crippen LogP contribution in [-0.4, -0.2) is 24.8 Å². The molecule has 128 valence electrons. The normalized spacial score (nSPS) is 10.7. The molecular formula is C20H25NO2S. The van der Waals surface area contributed by atoms with E-state index in [2.05, 4.69) is 17.4 Å². The highest BCUT2D eigenvalue weighted by atomic mass is 32.2. The minimum absolute atomic E-state index is 0.000585. The number of aryl methyl sites for hydroxylation is 1. The third kappa shape index (κ3) is 5.60. The first-order valence-corrected chi connectivity index (χ1v) is 9.49. The second kappa shape index (κ2) is 9.38. The predicted octanol–water partition coefficient (Wildman–Crippen LogP) is 4.56. The molecule has 0 saturated carbocycles. The van der Waals surface area contributed by atoms with Gasteiger partial charge < -0.3 is 10.1 Å². The Kier molecular flexibility index (Phi) is 7.19. The van der Waals surface area contributed by atoms with Gasteiger partial charge in [-0.3, -0.25) is 4.79 Å². The number of amides is 1. The van der Waals surface area contributed by atoms with Crippen LogP contribution in [0.2, 0.25) is 0 Å². The van der Waals surface area contributed by atoms with Gasteiger partial charge in [0.15, 0.2) is 0 Å². The molecule has 0 bridgehead atoms. The number of benzene rings is 2. The summed E-state index contributed by atoms with van der Waals surface area (Å²) in [6, 6.07) is 15.9. The Labute approximate surface area is 148 Å². The molecule has 1 amide bonds. The number of nitrogens with one attached hydrogen (secondary N) is 1. The monoisotopic (exact) mass is 343 g/mol. The Hall–Kier alpha value is -1.94. The van der Waals surface area contributed by atoms with E-state index in [4.69, 9.17) is 4.74 Å². The van der Waals surface area contributed by atoms with E-state index < -0.39 is 0 Å². The molecule has 4 heteroatoms. The van der Waals surface area contributed by atoms with E-state index in [0.717, 1.165) is 29.1 Å². The third-order valence-corrected chi connectivity index (χ3v) is 4.37. The van der Waals surface area contributed by atoms with Crippen LogP contribution in [0.4, 0.5) is 0 Å². The standard InChI is InChI=1S/C20H25NO2S/c1-15(2)23-17-12-10-16(11-13-17)7-6-14-21-20(22)18-8-4-5-9-19(18)24-3/h4-5,8-13,15H,6-7,14H2,1-3H3,(H,21,22). The van der Waals surface area contributed by atoms with Crippen LogP contribution in [0.15, 0.2) is 53.4 Å². The SMILES string of the molecule is CSc1ccccc1C(=O)NCCCc1ccc(OC(C)C)cc1. The molecule has 0 saturated heterocycles. The van der Waals surface area contributed by atoms with E-state index >= 15 is 0 Å². The Morgan fingerprint density at radius 1 is 1.12 bits per heavy atom. The fourth-order valence-corrected chi connectivity index (χ4v) is 3.02. The summed E-state index contributed by atoms with van der Waals surface area (Å²) in [5.41, 5.74) is 2.00. The van der Waals surface area contributed by atoms with Crippen molar-refractivity contribution < 1.29 is 9.53 Å². The van der Waals surface area contributed by atoms with E-state index in [-0.39, 0.29) is 12.0 Å². The van der Waals surface area contributed by atoms with Gasteiger partial charge in [-0.2, -0.15) is 0 Å². The first kappa shape index (κ1) is 18.4. The summed E-state index contributed by atoms with van der Waals surface area (Å²) in [5.74, 6) is 0.899. The molecule has 2 rings (SSSR count). The molecule has 0 radical (unpaired) electrons. The lowest BCUT2D eigenvalue weighted by Crippen LogP contribution is -2.25. The molecule has 0 aliphatic rings. The molecule has 0 aliphatic heterocycles. The van der Waals surface area contributed by atoms with Crippen molar-refractivity contribution in [2.24, 2.45) is 0 Å². The fraction of sp³-hybridized carbons (Fsp3) is 0.350. The summed E-state index contributed by atoms with van der Waals surface area (Å²) in [5, 5.41) is 3.00. The summed E-state index contributed by atoms with van der Waals surface area (Å²) in [7, 11) is 0. The van der Waals surface area contributed by atoms with E-state index in [1.807, 2.05) is 56.5 Å². The molecule has 0 aliphatic carbocycles. The van der Waals surface area contributed by atoms with Crippen LogP contribution in [0.25, 0.3) is 0 Å². The molecule has 2 aromatic carbocycles. The van der Waals surface area contributed by atoms with Crippen LogP contribution in [0.5, 0.6) is 5.75 Å². The maximum absolute atomic E-state index is 12.2. The molecule has 3 nitrogen and oxygen atoms in total. The van der Waals surface area contributed by atoms with Gasteiger partial charge in [0.25, 0.3) is 5.91 Å². The lowest BCUT2D eigenvalue weighted by Gasteiger charge is -2.10. The highest BCUT2D eigenvalue weighted by molar-refractivity contribution is 7.98. The molecule has 0 fully saturated rings. The van der Waals surface area contributed by atoms with Crippen LogP contribution in [0.3, 0.4) is 0 Å². The van der Waals surface area contributed by atoms with Gasteiger partial charge in [-0.25, -0.2) is 0 Å². The zero-order chi connectivity index (χ0) is 17.4. The van der Waals surface area contributed by atoms with Crippen molar-refractivity contribution in [2.75, 3.05) is 12.8 Å². The van der Waals surface area contributed by atoms with E-state index in [9.17, 15) is 4.79 Å². The summed E-state index contributed by atoms with van der Waals surface area (Å²) >= 11 is 1.59. The molecule has 1 N–H and O–H groups in total. The number of ether oxygens (including phenoxy) is 1. The number of hydrogen-bond acceptors (Lipinski definition) is 3. The fourth-order valence-electron chi connectivity index (χ4n) is 2.43. The van der Waals surface area contributed by atoms with Crippen LogP contribution >= 0.6 is 11.8 Å². The van der Waals surface area contributed by atoms with Crippen LogP contribution < -0.4 is 10.1 Å². The van der Waals surface area contributed by atoms with Gasteiger partial charge >= 0.3 is 0 Å². The number of thioether (sulfide) groups is 1. The van der Waals surface area contributed by atoms with Gasteiger partial charge in [-0.05, 0) is 62.8 Å². The van der Waals surface area contributed by atoms with E-state index in [1.165, 1.54) is 5.56 Å². The molecule has 24 heavy (non-hydrogen) atoms. The van der Waals surface area contributed by atoms with E-state index in [1.54, 1.807) is 11.8 Å². The van der Waals surface area contributed by atoms with E-state index in [0.29, 0.717) is 6.54 Å². The number of carbonyl (C=O) groups is 1. The average molecular weight is 343 g/mol. The lowest BCUT2D eigenvalue weighted by atomic mass is 10.1. The van der Waals surface area contributed by atoms with Crippen molar-refractivity contribution in [1.29, 1.82) is 0 Å². The maximum Gasteiger partial charge on any atom is 0.252 e. The van der Waals surface area contributed by atoms with Gasteiger partial charge in [0.1, 0.15) is 5.75 Å². The summed E-state index contributed by atoms with van der Waals surface area (Å²) < 4.78 is 5.64. The third-order valence-electron chi connectivity index (χ3n) is 3.57. The second-order valence-corrected chi connectivity index (χ2v) is 6.72. The highest BCUT2D eigenvalue weighted by Gasteiger charge is 2.09. The molecular weight excluding hydrogens is 318 g/mol. The molecule has 0 aromatic heterocycles. The smallest absolute Gasteiger partial charge is 0.252 e. The zero-order valence-electron chi connectivity index (χ0n) is 14.5. The van der Waals surface area contributed by atoms with Crippen molar-refractivity contribution in [3.8, 4) is 5.75 Å². The van der Waals surface area contributed by atoms with Crippen LogP contribution in [-0.2, 0) is 6.42 Å². The number of hydrogen-bond donors (Lipinski definition) is 1. The van der Waals surface area contributed by atoms with Gasteiger partial charge in [-0.1, -0.05) is 24.3 Å². The second-order valence-electron chi connectivity index (χ2n) is 5.87. The van der Waals surface area contributed by atoms with Crippen molar-refractivity contribution in [3.63, 3.8) is 0 Å². The quantitative estimate of drug-likeness (QED) is 0.564. The van der Waals surface area contributed by atoms with Gasteiger partial charge in [-0.15, -0.1) is 11.8 Å². The minimum Gasteiger partial charge on any atom is -0.491 e. The number of carbonyl (C=O) groups excluding carboxylic acids is 1. The molecule has 0 heterocycles. The molecule has 0 spiro atoms. The Morgan fingerprint density at radius 3 is 2.50 bits per heavy atom. The van der Waals surface area contributed by atoms with Gasteiger partial charge in [0.05, 0.1) is 11.7 Å². The number of rotatable bonds is 8. The van der Waals surface area contributed by atoms with Crippen LogP contribution in [0, 0.1) is 0 Å². The topological polar surface area (TPSA) is 38.3 Å². The molecule has 0 atom stereocenters. The average Bonchev–Trinajstić information content (AvgIpc) is 2.59. The minimum atomic E-state index is 0.000585. The Balaban J connectivity index is 1.77. The van der Waals surface area contributed by atoms with Gasteiger partial charge in [0.2, 0.25) is 0 Å². The Bertz CT molecular complexity index is 653. The highest BCUT2D eigenvalue weighted by Crippen LogP contribution is 2.19. The maximum atomic E-state index is 12.2. The van der Waals surface area contributed by atoms with Crippen LogP contribution in [0.1, 0.15) is 36.2 Å². The molecule has 2 aromatic rings. The molecule has 0 unspecified atom stereocenters. The predicted molar refractivity (Wildman–Crippen MR) is 101 cm³/mol. The summed E-state index contributed by atoms with van der Waals surface area (Å²) in [4.78, 5) is 13.3. The van der Waals surface area contributed by atoms with Crippen molar-refractivity contribution in [3.05, 3.63) is 59.7 Å². The zero-order valence-corrected chi connectivity index (χ0v) is 15.4. The first-order chi connectivity index (χ1) is 11.6. The van der Waals surface area contributed by atoms with Crippen molar-refractivity contribution >= 4 is 17.7 Å². The summed E-state index contributed by atoms with van der Waals surface area (Å²) in [6.45, 7) is 4.71. The summed E-state index contributed by atoms with van der Waals surface area (Å²) in [6.07, 6.45) is 4.03.